The summed E-state index contributed by atoms with van der Waals surface area (Å²) in [5.41, 5.74) is 1.93. The number of halogens is 1. The third-order valence-electron chi connectivity index (χ3n) is 5.39. The molecule has 30 heavy (non-hydrogen) atoms. The number of anilines is 1. The molecule has 150 valence electrons. The normalized spacial score (nSPS) is 14.3. The fourth-order valence-corrected chi connectivity index (χ4v) is 4.12. The van der Waals surface area contributed by atoms with Crippen LogP contribution in [0.3, 0.4) is 0 Å². The zero-order valence-corrected chi connectivity index (χ0v) is 17.7. The maximum atomic E-state index is 12.5. The van der Waals surface area contributed by atoms with Crippen LogP contribution in [0.2, 0.25) is 0 Å². The molecule has 0 aliphatic carbocycles. The Morgan fingerprint density at radius 2 is 1.67 bits per heavy atom. The zero-order valence-electron chi connectivity index (χ0n) is 16.2. The van der Waals surface area contributed by atoms with Crippen LogP contribution in [0.15, 0.2) is 75.8 Å². The molecule has 3 heterocycles. The van der Waals surface area contributed by atoms with Crippen molar-refractivity contribution in [2.24, 2.45) is 0 Å². The summed E-state index contributed by atoms with van der Waals surface area (Å²) in [6.07, 6.45) is 0. The van der Waals surface area contributed by atoms with Crippen molar-refractivity contribution in [3.63, 3.8) is 0 Å². The molecule has 4 aromatic rings. The van der Waals surface area contributed by atoms with Gasteiger partial charge in [-0.1, -0.05) is 42.5 Å². The first-order valence-electron chi connectivity index (χ1n) is 9.80. The highest BCUT2D eigenvalue weighted by Crippen LogP contribution is 2.27. The first-order chi connectivity index (χ1) is 14.7. The van der Waals surface area contributed by atoms with Gasteiger partial charge in [0, 0.05) is 31.7 Å². The van der Waals surface area contributed by atoms with Crippen molar-refractivity contribution < 1.29 is 9.21 Å². The van der Waals surface area contributed by atoms with Gasteiger partial charge in [0.05, 0.1) is 5.69 Å². The number of hydrogen-bond donors (Lipinski definition) is 0. The molecule has 5 rings (SSSR count). The van der Waals surface area contributed by atoms with E-state index in [2.05, 4.69) is 55.3 Å². The Hall–Kier alpha value is -3.19. The second kappa shape index (κ2) is 7.91. The van der Waals surface area contributed by atoms with Gasteiger partial charge in [-0.05, 0) is 51.0 Å². The number of fused-ring (bicyclic) bond motifs is 1. The number of carbonyl (C=O) groups is 1. The molecule has 0 unspecified atom stereocenters. The maximum absolute atomic E-state index is 12.5. The van der Waals surface area contributed by atoms with E-state index in [1.165, 1.54) is 10.8 Å². The Morgan fingerprint density at radius 1 is 0.867 bits per heavy atom. The highest BCUT2D eigenvalue weighted by atomic mass is 79.9. The molecular weight excluding hydrogens is 444 g/mol. The molecule has 2 aromatic heterocycles. The summed E-state index contributed by atoms with van der Waals surface area (Å²) >= 11 is 3.24. The lowest BCUT2D eigenvalue weighted by molar-refractivity contribution is 0.0713. The lowest BCUT2D eigenvalue weighted by atomic mass is 10.0. The van der Waals surface area contributed by atoms with Gasteiger partial charge in [0.2, 0.25) is 0 Å². The van der Waals surface area contributed by atoms with Gasteiger partial charge >= 0.3 is 0 Å². The van der Waals surface area contributed by atoms with Gasteiger partial charge in [0.15, 0.2) is 16.2 Å². The molecule has 1 amide bonds. The Balaban J connectivity index is 1.29. The van der Waals surface area contributed by atoms with Crippen molar-refractivity contribution >= 4 is 38.4 Å². The molecule has 2 aromatic carbocycles. The lowest BCUT2D eigenvalue weighted by Gasteiger charge is -2.34. The molecule has 1 aliphatic heterocycles. The van der Waals surface area contributed by atoms with Crippen LogP contribution in [-0.4, -0.2) is 47.2 Å². The molecule has 1 aliphatic rings. The summed E-state index contributed by atoms with van der Waals surface area (Å²) in [4.78, 5) is 16.5. The van der Waals surface area contributed by atoms with Gasteiger partial charge in [-0.2, -0.15) is 0 Å². The number of nitrogens with zero attached hydrogens (tertiary/aromatic N) is 4. The summed E-state index contributed by atoms with van der Waals surface area (Å²) in [6, 6.07) is 21.9. The molecule has 6 nitrogen and oxygen atoms in total. The topological polar surface area (TPSA) is 62.5 Å². The number of furan rings is 1. The van der Waals surface area contributed by atoms with Crippen LogP contribution < -0.4 is 4.90 Å². The molecule has 0 radical (unpaired) electrons. The van der Waals surface area contributed by atoms with Gasteiger partial charge in [-0.25, -0.2) is 0 Å². The van der Waals surface area contributed by atoms with E-state index >= 15 is 0 Å². The smallest absolute Gasteiger partial charge is 0.289 e. The number of aromatic nitrogens is 2. The number of piperazine rings is 1. The Kier molecular flexibility index (Phi) is 4.96. The third kappa shape index (κ3) is 3.57. The Labute approximate surface area is 182 Å². The minimum absolute atomic E-state index is 0.0854. The highest BCUT2D eigenvalue weighted by molar-refractivity contribution is 9.10. The molecule has 0 N–H and O–H groups in total. The SMILES string of the molecule is O=C(c1ccc(Br)o1)N1CCN(c2ccc(-c3cccc4ccccc34)nn2)CC1. The number of rotatable bonds is 3. The van der Waals surface area contributed by atoms with Crippen molar-refractivity contribution in [2.75, 3.05) is 31.1 Å². The van der Waals surface area contributed by atoms with Crippen LogP contribution in [0.4, 0.5) is 5.82 Å². The first-order valence-corrected chi connectivity index (χ1v) is 10.6. The highest BCUT2D eigenvalue weighted by Gasteiger charge is 2.25. The Morgan fingerprint density at radius 3 is 2.40 bits per heavy atom. The van der Waals surface area contributed by atoms with Crippen molar-refractivity contribution in [3.05, 3.63) is 77.2 Å². The molecule has 7 heteroatoms. The summed E-state index contributed by atoms with van der Waals surface area (Å²) < 4.78 is 5.95. The largest absolute Gasteiger partial charge is 0.444 e. The number of carbonyl (C=O) groups excluding carboxylic acids is 1. The fourth-order valence-electron chi connectivity index (χ4n) is 3.81. The van der Waals surface area contributed by atoms with Crippen LogP contribution in [0.5, 0.6) is 0 Å². The van der Waals surface area contributed by atoms with Gasteiger partial charge in [-0.15, -0.1) is 10.2 Å². The first kappa shape index (κ1) is 18.8. The molecule has 1 fully saturated rings. The summed E-state index contributed by atoms with van der Waals surface area (Å²) in [5.74, 6) is 1.10. The van der Waals surface area contributed by atoms with E-state index in [9.17, 15) is 4.79 Å². The average molecular weight is 463 g/mol. The van der Waals surface area contributed by atoms with Gasteiger partial charge in [-0.3, -0.25) is 4.79 Å². The minimum Gasteiger partial charge on any atom is -0.444 e. The van der Waals surface area contributed by atoms with Crippen LogP contribution >= 0.6 is 15.9 Å². The van der Waals surface area contributed by atoms with E-state index in [-0.39, 0.29) is 5.91 Å². The standard InChI is InChI=1S/C23H19BrN4O2/c24-21-10-9-20(30-21)23(29)28-14-12-27(13-15-28)22-11-8-19(25-26-22)18-7-3-5-16-4-1-2-6-17(16)18/h1-11H,12-15H2. The number of benzene rings is 2. The van der Waals surface area contributed by atoms with Gasteiger partial charge < -0.3 is 14.2 Å². The fraction of sp³-hybridized carbons (Fsp3) is 0.174. The van der Waals surface area contributed by atoms with Crippen molar-refractivity contribution in [1.29, 1.82) is 0 Å². The molecular formula is C23H19BrN4O2. The van der Waals surface area contributed by atoms with Crippen molar-refractivity contribution in [3.8, 4) is 11.3 Å². The predicted molar refractivity (Wildman–Crippen MR) is 119 cm³/mol. The van der Waals surface area contributed by atoms with Gasteiger partial charge in [0.1, 0.15) is 0 Å². The third-order valence-corrected chi connectivity index (χ3v) is 5.82. The van der Waals surface area contributed by atoms with E-state index in [1.807, 2.05) is 30.3 Å². The van der Waals surface area contributed by atoms with Crippen LogP contribution in [0.1, 0.15) is 10.6 Å². The Bertz CT molecular complexity index is 1190. The number of amides is 1. The molecule has 1 saturated heterocycles. The summed E-state index contributed by atoms with van der Waals surface area (Å²) in [5, 5.41) is 11.3. The van der Waals surface area contributed by atoms with E-state index in [0.717, 1.165) is 17.1 Å². The second-order valence-electron chi connectivity index (χ2n) is 7.19. The predicted octanol–water partition coefficient (Wildman–Crippen LogP) is 4.61. The van der Waals surface area contributed by atoms with E-state index in [0.29, 0.717) is 36.6 Å². The summed E-state index contributed by atoms with van der Waals surface area (Å²) in [6.45, 7) is 2.64. The van der Waals surface area contributed by atoms with Crippen LogP contribution in [-0.2, 0) is 0 Å². The van der Waals surface area contributed by atoms with E-state index in [1.54, 1.807) is 17.0 Å². The monoisotopic (exact) mass is 462 g/mol. The zero-order chi connectivity index (χ0) is 20.5. The van der Waals surface area contributed by atoms with E-state index in [4.69, 9.17) is 4.42 Å². The van der Waals surface area contributed by atoms with Crippen LogP contribution in [0, 0.1) is 0 Å². The summed E-state index contributed by atoms with van der Waals surface area (Å²) in [7, 11) is 0. The minimum atomic E-state index is -0.0854. The molecule has 0 atom stereocenters. The van der Waals surface area contributed by atoms with Gasteiger partial charge in [0.25, 0.3) is 5.91 Å². The quantitative estimate of drug-likeness (QED) is 0.444. The van der Waals surface area contributed by atoms with E-state index < -0.39 is 0 Å². The van der Waals surface area contributed by atoms with Crippen LogP contribution in [0.25, 0.3) is 22.0 Å². The molecule has 0 bridgehead atoms. The van der Waals surface area contributed by atoms with Crippen molar-refractivity contribution in [2.45, 2.75) is 0 Å². The maximum Gasteiger partial charge on any atom is 0.289 e. The van der Waals surface area contributed by atoms with Crippen molar-refractivity contribution in [1.82, 2.24) is 15.1 Å². The molecule has 0 saturated carbocycles. The lowest BCUT2D eigenvalue weighted by Crippen LogP contribution is -2.49. The second-order valence-corrected chi connectivity index (χ2v) is 7.97. The number of hydrogen-bond acceptors (Lipinski definition) is 5. The molecule has 0 spiro atoms. The average Bonchev–Trinajstić information content (AvgIpc) is 3.25.